The minimum Gasteiger partial charge on any atom is -0.315 e. The lowest BCUT2D eigenvalue weighted by molar-refractivity contribution is 0.137. The predicted octanol–water partition coefficient (Wildman–Crippen LogP) is 3.79. The maximum Gasteiger partial charge on any atom is 0.329 e. The first-order valence-electron chi connectivity index (χ1n) is 12.1. The van der Waals surface area contributed by atoms with Gasteiger partial charge in [0.1, 0.15) is 12.3 Å². The van der Waals surface area contributed by atoms with Crippen LogP contribution in [0.1, 0.15) is 84.0 Å². The third-order valence-electron chi connectivity index (χ3n) is 5.69. The molecule has 2 unspecified atom stereocenters. The van der Waals surface area contributed by atoms with Gasteiger partial charge in [-0.25, -0.2) is 33.9 Å². The summed E-state index contributed by atoms with van der Waals surface area (Å²) in [6.45, 7) is 2.98. The van der Waals surface area contributed by atoms with E-state index < -0.39 is 24.4 Å². The number of rotatable bonds is 14. The maximum atomic E-state index is 13.4. The number of imide groups is 1. The average molecular weight is 477 g/mol. The van der Waals surface area contributed by atoms with Gasteiger partial charge in [0.15, 0.2) is 0 Å². The number of carbonyl (C=O) groups is 2. The number of amides is 4. The van der Waals surface area contributed by atoms with Crippen LogP contribution in [0, 0.1) is 0 Å². The van der Waals surface area contributed by atoms with Crippen molar-refractivity contribution in [2.24, 2.45) is 15.0 Å². The number of isocyanates is 3. The summed E-state index contributed by atoms with van der Waals surface area (Å²) >= 11 is 0. The molecule has 1 rings (SSSR count). The van der Waals surface area contributed by atoms with Crippen LogP contribution >= 0.6 is 0 Å². The lowest BCUT2D eigenvalue weighted by Gasteiger charge is -2.32. The molecule has 0 aromatic rings. The number of likely N-dealkylation sites (tertiary alicyclic amines) is 1. The number of unbranched alkanes of at least 4 members (excludes halogenated alkanes) is 5. The summed E-state index contributed by atoms with van der Waals surface area (Å²) in [5.74, 6) is 0. The molecule has 0 aromatic heterocycles. The Bertz CT molecular complexity index is 772. The van der Waals surface area contributed by atoms with Crippen LogP contribution in [-0.2, 0) is 14.4 Å². The van der Waals surface area contributed by atoms with E-state index >= 15 is 0 Å². The molecule has 1 N–H and O–H groups in total. The van der Waals surface area contributed by atoms with E-state index in [0.717, 1.165) is 56.3 Å². The van der Waals surface area contributed by atoms with Gasteiger partial charge in [0.25, 0.3) is 0 Å². The monoisotopic (exact) mass is 476 g/mol. The molecular weight excluding hydrogens is 440 g/mol. The molecule has 0 radical (unpaired) electrons. The molecule has 1 aliphatic heterocycles. The Morgan fingerprint density at radius 2 is 1.79 bits per heavy atom. The lowest BCUT2D eigenvalue weighted by Crippen LogP contribution is -2.54. The van der Waals surface area contributed by atoms with Crippen molar-refractivity contribution in [3.05, 3.63) is 0 Å². The summed E-state index contributed by atoms with van der Waals surface area (Å²) < 4.78 is 0. The fourth-order valence-corrected chi connectivity index (χ4v) is 3.85. The van der Waals surface area contributed by atoms with Crippen LogP contribution in [0.5, 0.6) is 0 Å². The van der Waals surface area contributed by atoms with E-state index in [2.05, 4.69) is 20.3 Å². The number of hydrogen-bond donors (Lipinski definition) is 1. The van der Waals surface area contributed by atoms with Crippen LogP contribution in [0.25, 0.3) is 0 Å². The molecule has 0 spiro atoms. The number of aliphatic imine (C=N–C) groups is 3. The SMILES string of the molecule is CCCCCC(N=C=O)NC(=O)N(CCCCCCN=C=O)C(=O)N1CCCCCC1N=C=O. The van der Waals surface area contributed by atoms with E-state index in [9.17, 15) is 24.0 Å². The van der Waals surface area contributed by atoms with Crippen molar-refractivity contribution in [3.63, 3.8) is 0 Å². The molecule has 1 saturated heterocycles. The number of urea groups is 2. The first-order valence-corrected chi connectivity index (χ1v) is 12.1. The third-order valence-corrected chi connectivity index (χ3v) is 5.69. The summed E-state index contributed by atoms with van der Waals surface area (Å²) in [5.41, 5.74) is 0. The minimum absolute atomic E-state index is 0.155. The van der Waals surface area contributed by atoms with Gasteiger partial charge < -0.3 is 10.2 Å². The first-order chi connectivity index (χ1) is 16.6. The Morgan fingerprint density at radius 3 is 2.50 bits per heavy atom. The van der Waals surface area contributed by atoms with Gasteiger partial charge in [-0.05, 0) is 44.9 Å². The fourth-order valence-electron chi connectivity index (χ4n) is 3.85. The highest BCUT2D eigenvalue weighted by atomic mass is 16.2. The van der Waals surface area contributed by atoms with Crippen molar-refractivity contribution in [2.45, 2.75) is 96.3 Å². The first kappa shape index (κ1) is 28.9. The highest BCUT2D eigenvalue weighted by Gasteiger charge is 2.32. The molecule has 0 aliphatic carbocycles. The summed E-state index contributed by atoms with van der Waals surface area (Å²) in [5, 5.41) is 2.67. The molecular formula is C23H36N6O5. The molecule has 1 heterocycles. The van der Waals surface area contributed by atoms with E-state index in [-0.39, 0.29) is 6.54 Å². The second-order valence-electron chi connectivity index (χ2n) is 8.25. The number of nitrogens with zero attached hydrogens (tertiary/aromatic N) is 5. The molecule has 0 aromatic carbocycles. The zero-order chi connectivity index (χ0) is 25.0. The second kappa shape index (κ2) is 18.3. The van der Waals surface area contributed by atoms with E-state index in [1.165, 1.54) is 17.1 Å². The minimum atomic E-state index is -0.763. The third kappa shape index (κ3) is 11.1. The number of hydrogen-bond acceptors (Lipinski definition) is 8. The fraction of sp³-hybridized carbons (Fsp3) is 0.783. The van der Waals surface area contributed by atoms with Crippen molar-refractivity contribution in [2.75, 3.05) is 19.6 Å². The van der Waals surface area contributed by atoms with Crippen molar-refractivity contribution in [1.82, 2.24) is 15.1 Å². The Morgan fingerprint density at radius 1 is 1.00 bits per heavy atom. The van der Waals surface area contributed by atoms with E-state index in [1.807, 2.05) is 6.92 Å². The molecule has 2 atom stereocenters. The van der Waals surface area contributed by atoms with Crippen LogP contribution in [0.3, 0.4) is 0 Å². The van der Waals surface area contributed by atoms with E-state index in [1.54, 1.807) is 6.08 Å². The van der Waals surface area contributed by atoms with Gasteiger partial charge in [-0.2, -0.15) is 9.98 Å². The van der Waals surface area contributed by atoms with Crippen molar-refractivity contribution in [3.8, 4) is 0 Å². The van der Waals surface area contributed by atoms with Crippen LogP contribution in [-0.4, -0.2) is 72.1 Å². The van der Waals surface area contributed by atoms with Crippen molar-refractivity contribution < 1.29 is 24.0 Å². The summed E-state index contributed by atoms with van der Waals surface area (Å²) in [7, 11) is 0. The molecule has 1 fully saturated rings. The van der Waals surface area contributed by atoms with E-state index in [4.69, 9.17) is 0 Å². The Kier molecular flexibility index (Phi) is 15.6. The summed E-state index contributed by atoms with van der Waals surface area (Å²) in [6, 6.07) is -1.18. The van der Waals surface area contributed by atoms with Crippen LogP contribution in [0.15, 0.2) is 15.0 Å². The largest absolute Gasteiger partial charge is 0.329 e. The second-order valence-corrected chi connectivity index (χ2v) is 8.25. The van der Waals surface area contributed by atoms with Crippen LogP contribution in [0.4, 0.5) is 9.59 Å². The molecule has 11 heteroatoms. The average Bonchev–Trinajstić information content (AvgIpc) is 3.06. The van der Waals surface area contributed by atoms with Gasteiger partial charge >= 0.3 is 12.1 Å². The maximum absolute atomic E-state index is 13.4. The predicted molar refractivity (Wildman–Crippen MR) is 125 cm³/mol. The Balaban J connectivity index is 2.94. The Labute approximate surface area is 200 Å². The molecule has 4 amide bonds. The highest BCUT2D eigenvalue weighted by Crippen LogP contribution is 2.20. The standard InChI is InChI=1S/C23H36N6O5/c1-2-3-7-12-20(25-18-31)27-22(33)29(16-10-5-4-9-14-24-17-30)23(34)28-15-11-6-8-13-21(28)26-19-32/h20-21H,2-16H2,1H3,(H,27,33). The van der Waals surface area contributed by atoms with Gasteiger partial charge in [-0.15, -0.1) is 0 Å². The zero-order valence-corrected chi connectivity index (χ0v) is 20.0. The van der Waals surface area contributed by atoms with Crippen LogP contribution in [0.2, 0.25) is 0 Å². The van der Waals surface area contributed by atoms with Gasteiger partial charge in [0.05, 0.1) is 6.54 Å². The van der Waals surface area contributed by atoms with Gasteiger partial charge in [-0.3, -0.25) is 0 Å². The number of nitrogens with one attached hydrogen (secondary N) is 1. The highest BCUT2D eigenvalue weighted by molar-refractivity contribution is 5.93. The number of carbonyl (C=O) groups excluding carboxylic acids is 5. The van der Waals surface area contributed by atoms with E-state index in [0.29, 0.717) is 38.8 Å². The molecule has 34 heavy (non-hydrogen) atoms. The molecule has 11 nitrogen and oxygen atoms in total. The zero-order valence-electron chi connectivity index (χ0n) is 20.0. The van der Waals surface area contributed by atoms with Gasteiger partial charge in [0, 0.05) is 13.1 Å². The van der Waals surface area contributed by atoms with Gasteiger partial charge in [0.2, 0.25) is 18.2 Å². The van der Waals surface area contributed by atoms with Crippen LogP contribution < -0.4 is 5.32 Å². The topological polar surface area (TPSA) is 141 Å². The Hall–Kier alpha value is -3.12. The quantitative estimate of drug-likeness (QED) is 0.231. The summed E-state index contributed by atoms with van der Waals surface area (Å²) in [6.07, 6.45) is 12.0. The smallest absolute Gasteiger partial charge is 0.315 e. The van der Waals surface area contributed by atoms with Crippen molar-refractivity contribution in [1.29, 1.82) is 0 Å². The summed E-state index contributed by atoms with van der Waals surface area (Å²) in [4.78, 5) is 72.0. The van der Waals surface area contributed by atoms with Crippen molar-refractivity contribution >= 4 is 30.3 Å². The molecule has 0 saturated carbocycles. The van der Waals surface area contributed by atoms with Gasteiger partial charge in [-0.1, -0.05) is 39.0 Å². The lowest BCUT2D eigenvalue weighted by atomic mass is 10.2. The normalized spacial score (nSPS) is 16.1. The molecule has 188 valence electrons. The molecule has 1 aliphatic rings. The molecule has 0 bridgehead atoms.